The predicted molar refractivity (Wildman–Crippen MR) is 77.4 cm³/mol. The van der Waals surface area contributed by atoms with Gasteiger partial charge in [0, 0.05) is 12.1 Å². The van der Waals surface area contributed by atoms with Crippen LogP contribution in [0.5, 0.6) is 5.75 Å². The number of nitrogens with zero attached hydrogens (tertiary/aromatic N) is 1. The van der Waals surface area contributed by atoms with Crippen LogP contribution >= 0.6 is 0 Å². The molecule has 4 heteroatoms. The summed E-state index contributed by atoms with van der Waals surface area (Å²) in [6.07, 6.45) is 8.82. The number of hydrogen-bond donors (Lipinski definition) is 1. The van der Waals surface area contributed by atoms with Gasteiger partial charge in [0.05, 0.1) is 0 Å². The van der Waals surface area contributed by atoms with E-state index in [0.717, 1.165) is 6.42 Å². The number of carbonyl (C=O) groups is 1. The number of carbonyl (C=O) groups excluding carboxylic acids is 1. The molecule has 104 valence electrons. The lowest BCUT2D eigenvalue weighted by atomic mass is 9.95. The first-order valence-corrected chi connectivity index (χ1v) is 6.99. The summed E-state index contributed by atoms with van der Waals surface area (Å²) in [6.45, 7) is -0.0159. The molecule has 2 bridgehead atoms. The average Bonchev–Trinajstić information content (AvgIpc) is 3.09. The molecule has 2 aliphatic rings. The normalized spacial score (nSPS) is 27.1. The number of benzene rings is 1. The number of rotatable bonds is 5. The summed E-state index contributed by atoms with van der Waals surface area (Å²) in [5.41, 5.74) is 2.52. The van der Waals surface area contributed by atoms with Crippen molar-refractivity contribution in [3.05, 3.63) is 42.5 Å². The summed E-state index contributed by atoms with van der Waals surface area (Å²) in [5, 5.41) is 4.05. The van der Waals surface area contributed by atoms with Crippen molar-refractivity contribution in [3.63, 3.8) is 0 Å². The molecule has 1 aromatic carbocycles. The van der Waals surface area contributed by atoms with E-state index in [2.05, 4.69) is 22.7 Å². The highest BCUT2D eigenvalue weighted by atomic mass is 16.5. The zero-order valence-electron chi connectivity index (χ0n) is 11.2. The molecule has 0 aliphatic heterocycles. The highest BCUT2D eigenvalue weighted by Crippen LogP contribution is 2.42. The van der Waals surface area contributed by atoms with Crippen LogP contribution < -0.4 is 10.2 Å². The largest absolute Gasteiger partial charge is 0.484 e. The van der Waals surface area contributed by atoms with Gasteiger partial charge in [0.25, 0.3) is 5.91 Å². The second-order valence-electron chi connectivity index (χ2n) is 5.36. The number of ether oxygens (including phenoxy) is 1. The van der Waals surface area contributed by atoms with E-state index in [1.165, 1.54) is 6.42 Å². The van der Waals surface area contributed by atoms with Gasteiger partial charge in [-0.25, -0.2) is 5.43 Å². The van der Waals surface area contributed by atoms with Crippen molar-refractivity contribution in [3.8, 4) is 5.75 Å². The summed E-state index contributed by atoms with van der Waals surface area (Å²) < 4.78 is 5.34. The Morgan fingerprint density at radius 2 is 2.15 bits per heavy atom. The minimum Gasteiger partial charge on any atom is -0.484 e. The molecule has 20 heavy (non-hydrogen) atoms. The molecule has 4 nitrogen and oxygen atoms in total. The molecule has 0 radical (unpaired) electrons. The number of fused-ring (bicyclic) bond motifs is 2. The third-order valence-electron chi connectivity index (χ3n) is 3.90. The Morgan fingerprint density at radius 3 is 2.85 bits per heavy atom. The number of hydrazone groups is 1. The molecular formula is C16H18N2O2. The maximum Gasteiger partial charge on any atom is 0.277 e. The molecule has 1 amide bonds. The van der Waals surface area contributed by atoms with Crippen LogP contribution in [-0.4, -0.2) is 18.7 Å². The fourth-order valence-corrected chi connectivity index (χ4v) is 2.90. The molecule has 3 atom stereocenters. The van der Waals surface area contributed by atoms with Crippen LogP contribution in [-0.2, 0) is 4.79 Å². The number of hydrogen-bond acceptors (Lipinski definition) is 3. The number of allylic oxidation sites excluding steroid dienone is 2. The molecule has 0 saturated heterocycles. The maximum absolute atomic E-state index is 11.6. The van der Waals surface area contributed by atoms with Crippen LogP contribution in [0.4, 0.5) is 0 Å². The van der Waals surface area contributed by atoms with Crippen molar-refractivity contribution >= 4 is 12.1 Å². The summed E-state index contributed by atoms with van der Waals surface area (Å²) in [6, 6.07) is 9.28. The lowest BCUT2D eigenvalue weighted by molar-refractivity contribution is -0.123. The molecule has 3 rings (SSSR count). The second-order valence-corrected chi connectivity index (χ2v) is 5.36. The Hall–Kier alpha value is -2.10. The van der Waals surface area contributed by atoms with Crippen molar-refractivity contribution < 1.29 is 9.53 Å². The quantitative estimate of drug-likeness (QED) is 0.507. The Labute approximate surface area is 118 Å². The van der Waals surface area contributed by atoms with Gasteiger partial charge in [-0.1, -0.05) is 30.4 Å². The van der Waals surface area contributed by atoms with Crippen molar-refractivity contribution in [1.29, 1.82) is 0 Å². The molecule has 0 spiro atoms. The molecule has 1 N–H and O–H groups in total. The highest BCUT2D eigenvalue weighted by Gasteiger charge is 2.34. The average molecular weight is 270 g/mol. The fraction of sp³-hybridized carbons (Fsp3) is 0.375. The molecular weight excluding hydrogens is 252 g/mol. The SMILES string of the molecule is O=C(COc1ccccc1)NN=CC1CC2C=CC1C2. The molecule has 3 unspecified atom stereocenters. The Morgan fingerprint density at radius 1 is 1.30 bits per heavy atom. The monoisotopic (exact) mass is 270 g/mol. The molecule has 1 aromatic rings. The van der Waals surface area contributed by atoms with Gasteiger partial charge < -0.3 is 4.74 Å². The third-order valence-corrected chi connectivity index (χ3v) is 3.90. The highest BCUT2D eigenvalue weighted by molar-refractivity contribution is 5.78. The van der Waals surface area contributed by atoms with E-state index < -0.39 is 0 Å². The third kappa shape index (κ3) is 3.07. The molecule has 0 heterocycles. The minimum absolute atomic E-state index is 0.0159. The van der Waals surface area contributed by atoms with Gasteiger partial charge in [-0.2, -0.15) is 5.10 Å². The summed E-state index contributed by atoms with van der Waals surface area (Å²) >= 11 is 0. The Kier molecular flexibility index (Phi) is 3.81. The van der Waals surface area contributed by atoms with E-state index in [9.17, 15) is 4.79 Å². The minimum atomic E-state index is -0.233. The fourth-order valence-electron chi connectivity index (χ4n) is 2.90. The van der Waals surface area contributed by atoms with Gasteiger partial charge in [-0.3, -0.25) is 4.79 Å². The van der Waals surface area contributed by atoms with Crippen molar-refractivity contribution in [1.82, 2.24) is 5.43 Å². The van der Waals surface area contributed by atoms with Crippen molar-refractivity contribution in [2.45, 2.75) is 12.8 Å². The van der Waals surface area contributed by atoms with Gasteiger partial charge >= 0.3 is 0 Å². The number of nitrogens with one attached hydrogen (secondary N) is 1. The van der Waals surface area contributed by atoms with Crippen LogP contribution in [0.3, 0.4) is 0 Å². The molecule has 1 saturated carbocycles. The van der Waals surface area contributed by atoms with Crippen molar-refractivity contribution in [2.24, 2.45) is 22.9 Å². The Balaban J connectivity index is 1.40. The first kappa shape index (κ1) is 12.9. The second kappa shape index (κ2) is 5.90. The van der Waals surface area contributed by atoms with E-state index >= 15 is 0 Å². The lowest BCUT2D eigenvalue weighted by Crippen LogP contribution is -2.25. The van der Waals surface area contributed by atoms with Gasteiger partial charge in [-0.05, 0) is 36.8 Å². The summed E-state index contributed by atoms with van der Waals surface area (Å²) in [5.74, 6) is 2.25. The van der Waals surface area contributed by atoms with Gasteiger partial charge in [0.2, 0.25) is 0 Å². The smallest absolute Gasteiger partial charge is 0.277 e. The zero-order valence-corrected chi connectivity index (χ0v) is 11.2. The topological polar surface area (TPSA) is 50.7 Å². The van der Waals surface area contributed by atoms with Crippen LogP contribution in [0.15, 0.2) is 47.6 Å². The summed E-state index contributed by atoms with van der Waals surface area (Å²) in [7, 11) is 0. The van der Waals surface area contributed by atoms with Gasteiger partial charge in [0.1, 0.15) is 5.75 Å². The van der Waals surface area contributed by atoms with E-state index in [1.807, 2.05) is 36.5 Å². The predicted octanol–water partition coefficient (Wildman–Crippen LogP) is 2.38. The molecule has 2 aliphatic carbocycles. The van der Waals surface area contributed by atoms with Gasteiger partial charge in [0.15, 0.2) is 6.61 Å². The van der Waals surface area contributed by atoms with Gasteiger partial charge in [-0.15, -0.1) is 0 Å². The van der Waals surface area contributed by atoms with E-state index in [0.29, 0.717) is 23.5 Å². The number of amides is 1. The van der Waals surface area contributed by atoms with Crippen LogP contribution in [0, 0.1) is 17.8 Å². The van der Waals surface area contributed by atoms with Crippen molar-refractivity contribution in [2.75, 3.05) is 6.61 Å². The summed E-state index contributed by atoms with van der Waals surface area (Å²) in [4.78, 5) is 11.6. The van der Waals surface area contributed by atoms with E-state index in [1.54, 1.807) is 0 Å². The van der Waals surface area contributed by atoms with E-state index in [-0.39, 0.29) is 12.5 Å². The number of para-hydroxylation sites is 1. The van der Waals surface area contributed by atoms with Crippen LogP contribution in [0.1, 0.15) is 12.8 Å². The lowest BCUT2D eigenvalue weighted by Gasteiger charge is -2.12. The Bertz CT molecular complexity index is 525. The van der Waals surface area contributed by atoms with Crippen LogP contribution in [0.25, 0.3) is 0 Å². The first-order chi connectivity index (χ1) is 9.81. The molecule has 0 aromatic heterocycles. The van der Waals surface area contributed by atoms with Crippen LogP contribution in [0.2, 0.25) is 0 Å². The standard InChI is InChI=1S/C16H18N2O2/c19-16(11-20-15-4-2-1-3-5-15)18-17-10-14-9-12-6-7-13(14)8-12/h1-7,10,12-14H,8-9,11H2,(H,18,19). The zero-order chi connectivity index (χ0) is 13.8. The van der Waals surface area contributed by atoms with E-state index in [4.69, 9.17) is 4.74 Å². The molecule has 1 fully saturated rings. The first-order valence-electron chi connectivity index (χ1n) is 6.99. The maximum atomic E-state index is 11.6.